The molecule has 0 aliphatic carbocycles. The lowest BCUT2D eigenvalue weighted by Gasteiger charge is -2.03. The van der Waals surface area contributed by atoms with E-state index in [0.29, 0.717) is 26.7 Å². The number of fused-ring (bicyclic) bond motifs is 2. The van der Waals surface area contributed by atoms with Crippen LogP contribution in [0.3, 0.4) is 0 Å². The fraction of sp³-hybridized carbons (Fsp3) is 0. The summed E-state index contributed by atoms with van der Waals surface area (Å²) >= 11 is 12.5. The zero-order chi connectivity index (χ0) is 13.7. The van der Waals surface area contributed by atoms with Gasteiger partial charge in [-0.05, 0) is 12.1 Å². The number of halogens is 2. The Morgan fingerprint density at radius 1 is 1.05 bits per heavy atom. The highest BCUT2D eigenvalue weighted by atomic mass is 35.5. The first-order valence-corrected chi connectivity index (χ1v) is 6.48. The number of aromatic nitrogens is 6. The second-order valence-electron chi connectivity index (χ2n) is 4.22. The molecule has 0 fully saturated rings. The number of nitrogens with zero attached hydrogens (tertiary/aromatic N) is 4. The molecule has 3 heterocycles. The van der Waals surface area contributed by atoms with Crippen molar-refractivity contribution in [3.05, 3.63) is 34.8 Å². The molecule has 6 nitrogen and oxygen atoms in total. The molecule has 98 valence electrons. The molecule has 0 aliphatic heterocycles. The van der Waals surface area contributed by atoms with Gasteiger partial charge in [0.1, 0.15) is 11.5 Å². The quantitative estimate of drug-likeness (QED) is 0.565. The summed E-state index contributed by atoms with van der Waals surface area (Å²) in [5.41, 5.74) is 2.83. The largest absolute Gasteiger partial charge is 0.275 e. The van der Waals surface area contributed by atoms with E-state index in [2.05, 4.69) is 30.4 Å². The topological polar surface area (TPSA) is 83.1 Å². The molecule has 0 spiro atoms. The van der Waals surface area contributed by atoms with Crippen molar-refractivity contribution in [2.24, 2.45) is 0 Å². The maximum absolute atomic E-state index is 6.45. The first-order valence-electron chi connectivity index (χ1n) is 5.72. The van der Waals surface area contributed by atoms with E-state index in [1.807, 2.05) is 12.1 Å². The molecule has 0 saturated heterocycles. The summed E-state index contributed by atoms with van der Waals surface area (Å²) in [7, 11) is 0. The highest BCUT2D eigenvalue weighted by Gasteiger charge is 2.16. The first kappa shape index (κ1) is 11.6. The summed E-state index contributed by atoms with van der Waals surface area (Å²) < 4.78 is 0. The predicted molar refractivity (Wildman–Crippen MR) is 76.8 cm³/mol. The van der Waals surface area contributed by atoms with Crippen LogP contribution in [-0.4, -0.2) is 30.4 Å². The van der Waals surface area contributed by atoms with Crippen molar-refractivity contribution in [1.82, 2.24) is 30.4 Å². The lowest BCUT2D eigenvalue weighted by Crippen LogP contribution is -1.83. The van der Waals surface area contributed by atoms with Gasteiger partial charge in [0.2, 0.25) is 0 Å². The number of rotatable bonds is 1. The van der Waals surface area contributed by atoms with Crippen LogP contribution in [0.4, 0.5) is 0 Å². The van der Waals surface area contributed by atoms with E-state index >= 15 is 0 Å². The highest BCUT2D eigenvalue weighted by molar-refractivity contribution is 6.43. The van der Waals surface area contributed by atoms with Gasteiger partial charge in [-0.3, -0.25) is 10.2 Å². The molecule has 0 atom stereocenters. The summed E-state index contributed by atoms with van der Waals surface area (Å²) in [5.74, 6) is 0. The minimum atomic E-state index is 0.409. The Morgan fingerprint density at radius 2 is 1.95 bits per heavy atom. The molecule has 0 bridgehead atoms. The van der Waals surface area contributed by atoms with E-state index in [-0.39, 0.29) is 0 Å². The van der Waals surface area contributed by atoms with Crippen LogP contribution in [-0.2, 0) is 0 Å². The van der Waals surface area contributed by atoms with E-state index < -0.39 is 0 Å². The third kappa shape index (κ3) is 1.52. The SMILES string of the molecule is Clc1[nH]nc2ccc(-c3[nH]nc4ncncc34)c(Cl)c12. The third-order valence-electron chi connectivity index (χ3n) is 3.12. The first-order chi connectivity index (χ1) is 9.75. The number of benzene rings is 1. The van der Waals surface area contributed by atoms with Gasteiger partial charge in [0.25, 0.3) is 0 Å². The molecule has 1 aromatic carbocycles. The van der Waals surface area contributed by atoms with Crippen LogP contribution >= 0.6 is 23.2 Å². The Balaban J connectivity index is 2.07. The molecule has 0 aliphatic rings. The molecule has 0 radical (unpaired) electrons. The Morgan fingerprint density at radius 3 is 2.85 bits per heavy atom. The Kier molecular flexibility index (Phi) is 2.42. The average molecular weight is 305 g/mol. The molecule has 8 heteroatoms. The second-order valence-corrected chi connectivity index (χ2v) is 4.97. The molecule has 2 N–H and O–H groups in total. The lowest BCUT2D eigenvalue weighted by molar-refractivity contribution is 1.09. The van der Waals surface area contributed by atoms with Crippen LogP contribution in [0.2, 0.25) is 10.2 Å². The maximum Gasteiger partial charge on any atom is 0.184 e. The van der Waals surface area contributed by atoms with Crippen LogP contribution in [0.15, 0.2) is 24.7 Å². The van der Waals surface area contributed by atoms with Crippen LogP contribution in [0.25, 0.3) is 33.2 Å². The van der Waals surface area contributed by atoms with Gasteiger partial charge in [-0.25, -0.2) is 9.97 Å². The normalized spacial score (nSPS) is 11.5. The molecular weight excluding hydrogens is 299 g/mol. The lowest BCUT2D eigenvalue weighted by atomic mass is 10.1. The summed E-state index contributed by atoms with van der Waals surface area (Å²) in [6, 6.07) is 3.71. The van der Waals surface area contributed by atoms with Crippen molar-refractivity contribution in [2.45, 2.75) is 0 Å². The minimum Gasteiger partial charge on any atom is -0.275 e. The molecule has 0 amide bonds. The van der Waals surface area contributed by atoms with E-state index in [0.717, 1.165) is 16.6 Å². The summed E-state index contributed by atoms with van der Waals surface area (Å²) in [6.45, 7) is 0. The van der Waals surface area contributed by atoms with Gasteiger partial charge in [0.05, 0.1) is 27.0 Å². The predicted octanol–water partition coefficient (Wildman–Crippen LogP) is 3.20. The monoisotopic (exact) mass is 304 g/mol. The van der Waals surface area contributed by atoms with Gasteiger partial charge >= 0.3 is 0 Å². The molecular formula is C12H6Cl2N6. The number of H-pyrrole nitrogens is 2. The van der Waals surface area contributed by atoms with Crippen molar-refractivity contribution in [1.29, 1.82) is 0 Å². The molecule has 4 rings (SSSR count). The van der Waals surface area contributed by atoms with E-state index in [1.54, 1.807) is 6.20 Å². The molecule has 0 unspecified atom stereocenters. The van der Waals surface area contributed by atoms with Crippen molar-refractivity contribution in [3.8, 4) is 11.3 Å². The van der Waals surface area contributed by atoms with E-state index in [4.69, 9.17) is 23.2 Å². The molecule has 0 saturated carbocycles. The maximum atomic E-state index is 6.45. The number of hydrogen-bond acceptors (Lipinski definition) is 4. The van der Waals surface area contributed by atoms with E-state index in [9.17, 15) is 0 Å². The van der Waals surface area contributed by atoms with Crippen LogP contribution in [0, 0.1) is 0 Å². The zero-order valence-electron chi connectivity index (χ0n) is 9.85. The Bertz CT molecular complexity index is 942. The van der Waals surface area contributed by atoms with Crippen LogP contribution < -0.4 is 0 Å². The third-order valence-corrected chi connectivity index (χ3v) is 3.78. The molecule has 20 heavy (non-hydrogen) atoms. The van der Waals surface area contributed by atoms with Crippen LogP contribution in [0.1, 0.15) is 0 Å². The van der Waals surface area contributed by atoms with Crippen molar-refractivity contribution >= 4 is 45.1 Å². The van der Waals surface area contributed by atoms with Crippen LogP contribution in [0.5, 0.6) is 0 Å². The van der Waals surface area contributed by atoms with Gasteiger partial charge in [0, 0.05) is 11.8 Å². The van der Waals surface area contributed by atoms with Crippen molar-refractivity contribution in [3.63, 3.8) is 0 Å². The Labute approximate surface area is 122 Å². The van der Waals surface area contributed by atoms with Crippen molar-refractivity contribution in [2.75, 3.05) is 0 Å². The minimum absolute atomic E-state index is 0.409. The number of aromatic amines is 2. The van der Waals surface area contributed by atoms with Crippen molar-refractivity contribution < 1.29 is 0 Å². The van der Waals surface area contributed by atoms with E-state index in [1.165, 1.54) is 6.33 Å². The second kappa shape index (κ2) is 4.16. The van der Waals surface area contributed by atoms with Gasteiger partial charge in [-0.15, -0.1) is 0 Å². The van der Waals surface area contributed by atoms with Gasteiger partial charge in [-0.1, -0.05) is 23.2 Å². The summed E-state index contributed by atoms with van der Waals surface area (Å²) in [6.07, 6.45) is 3.14. The molecule has 4 aromatic rings. The highest BCUT2D eigenvalue weighted by Crippen LogP contribution is 2.37. The Hall–Kier alpha value is -2.18. The zero-order valence-corrected chi connectivity index (χ0v) is 11.4. The van der Waals surface area contributed by atoms with Gasteiger partial charge in [0.15, 0.2) is 5.65 Å². The number of nitrogens with one attached hydrogen (secondary N) is 2. The fourth-order valence-corrected chi connectivity index (χ4v) is 2.82. The summed E-state index contributed by atoms with van der Waals surface area (Å²) in [4.78, 5) is 8.10. The standard InChI is InChI=1S/C12H6Cl2N6/c13-9-5(1-2-7-8(9)11(14)19-17-7)10-6-3-15-4-16-12(6)20-18-10/h1-4H,(H,17,19)(H,15,16,18,20). The number of hydrogen-bond donors (Lipinski definition) is 2. The smallest absolute Gasteiger partial charge is 0.184 e. The summed E-state index contributed by atoms with van der Waals surface area (Å²) in [5, 5.41) is 16.3. The fourth-order valence-electron chi connectivity index (χ4n) is 2.19. The van der Waals surface area contributed by atoms with Gasteiger partial charge < -0.3 is 0 Å². The average Bonchev–Trinajstić information content (AvgIpc) is 3.04. The van der Waals surface area contributed by atoms with Gasteiger partial charge in [-0.2, -0.15) is 10.2 Å². The molecule has 3 aromatic heterocycles.